The predicted octanol–water partition coefficient (Wildman–Crippen LogP) is 8.48. The molecule has 3 nitrogen and oxygen atoms in total. The van der Waals surface area contributed by atoms with E-state index in [0.29, 0.717) is 0 Å². The third-order valence-corrected chi connectivity index (χ3v) is 4.91. The van der Waals surface area contributed by atoms with E-state index >= 15 is 0 Å². The number of nitrogens with zero attached hydrogens (tertiary/aromatic N) is 1. The largest absolute Gasteiger partial charge is 0.395 e. The van der Waals surface area contributed by atoms with Crippen molar-refractivity contribution in [3.05, 3.63) is 83.0 Å². The lowest BCUT2D eigenvalue weighted by Crippen LogP contribution is -2.23. The maximum Gasteiger partial charge on any atom is 0.114 e. The number of aryl methyl sites for hydroxylation is 1. The number of rotatable bonds is 6. The van der Waals surface area contributed by atoms with E-state index in [0.717, 1.165) is 17.1 Å². The van der Waals surface area contributed by atoms with Crippen LogP contribution < -0.4 is 0 Å². The topological polar surface area (TPSA) is 48.9 Å². The third-order valence-electron chi connectivity index (χ3n) is 4.91. The molecule has 0 spiro atoms. The van der Waals surface area contributed by atoms with E-state index in [-0.39, 0.29) is 12.0 Å². The zero-order chi connectivity index (χ0) is 25.3. The molecule has 0 atom stereocenters. The van der Waals surface area contributed by atoms with Gasteiger partial charge in [-0.1, -0.05) is 96.9 Å². The Kier molecular flexibility index (Phi) is 15.6. The fraction of sp³-hybridized carbons (Fsp3) is 0.467. The van der Waals surface area contributed by atoms with E-state index in [1.165, 1.54) is 36.0 Å². The first-order valence-corrected chi connectivity index (χ1v) is 12.4. The Morgan fingerprint density at radius 3 is 2.24 bits per heavy atom. The summed E-state index contributed by atoms with van der Waals surface area (Å²) >= 11 is 0. The van der Waals surface area contributed by atoms with Gasteiger partial charge < -0.3 is 10.1 Å². The molecule has 3 rings (SSSR count). The number of unbranched alkanes of at least 4 members (excludes halogenated alkanes) is 1. The van der Waals surface area contributed by atoms with Gasteiger partial charge in [-0.3, -0.25) is 0 Å². The molecule has 1 aliphatic rings. The molecular weight excluding hydrogens is 404 g/mol. The van der Waals surface area contributed by atoms with Crippen LogP contribution in [0.1, 0.15) is 86.0 Å². The minimum atomic E-state index is -0.330. The molecule has 3 heteroatoms. The van der Waals surface area contributed by atoms with Gasteiger partial charge in [0.2, 0.25) is 0 Å². The third kappa shape index (κ3) is 11.2. The molecule has 1 aromatic heterocycles. The van der Waals surface area contributed by atoms with Crippen molar-refractivity contribution >= 4 is 0 Å². The molecule has 33 heavy (non-hydrogen) atoms. The summed E-state index contributed by atoms with van der Waals surface area (Å²) in [5.41, 5.74) is 8.84. The van der Waals surface area contributed by atoms with Crippen LogP contribution in [0.15, 0.2) is 71.6 Å². The van der Waals surface area contributed by atoms with Crippen LogP contribution >= 0.6 is 0 Å². The van der Waals surface area contributed by atoms with Crippen LogP contribution in [0.4, 0.5) is 0 Å². The summed E-state index contributed by atoms with van der Waals surface area (Å²) in [5.74, 6) is 0.815. The molecule has 2 N–H and O–H groups in total. The lowest BCUT2D eigenvalue weighted by atomic mass is 9.94. The molecule has 1 aliphatic carbocycles. The summed E-state index contributed by atoms with van der Waals surface area (Å²) in [6, 6.07) is 8.29. The number of hydrogen-bond acceptors (Lipinski definition) is 2. The number of nitrogens with one attached hydrogen (secondary N) is 1. The molecule has 0 aliphatic heterocycles. The first-order chi connectivity index (χ1) is 15.9. The number of aliphatic hydroxyl groups excluding tert-OH is 1. The lowest BCUT2D eigenvalue weighted by Gasteiger charge is -2.18. The van der Waals surface area contributed by atoms with Crippen LogP contribution in [0.3, 0.4) is 0 Å². The normalized spacial score (nSPS) is 12.1. The molecule has 1 aromatic carbocycles. The number of aromatic amines is 1. The van der Waals surface area contributed by atoms with Crippen molar-refractivity contribution in [3.8, 4) is 11.3 Å². The molecule has 0 saturated carbocycles. The average Bonchev–Trinajstić information content (AvgIpc) is 3.26. The van der Waals surface area contributed by atoms with Crippen molar-refractivity contribution in [3.63, 3.8) is 0 Å². The van der Waals surface area contributed by atoms with E-state index in [4.69, 9.17) is 0 Å². The van der Waals surface area contributed by atoms with Crippen LogP contribution in [-0.4, -0.2) is 21.7 Å². The zero-order valence-corrected chi connectivity index (χ0v) is 22.4. The Morgan fingerprint density at radius 2 is 1.67 bits per heavy atom. The summed E-state index contributed by atoms with van der Waals surface area (Å²) in [7, 11) is 0. The van der Waals surface area contributed by atoms with Crippen LogP contribution in [0, 0.1) is 6.92 Å². The standard InChI is InChI=1S/C14H18N2O.C12H16.2C2H6/c1-10-4-6-11(7-5-10)12-8-15-13(16-12)14(2,3)9-17;1-3-4-8-12-9-6-5-7-11(2)10-12;2*1-2/h4-8,17H,9H2,1-3H3,(H,15,16);5-6,9-10H,3-4,8H2,1-2H3;2*1-2H3. The maximum atomic E-state index is 9.30. The summed E-state index contributed by atoms with van der Waals surface area (Å²) in [6.45, 7) is 18.4. The van der Waals surface area contributed by atoms with E-state index < -0.39 is 0 Å². The molecule has 0 amide bonds. The van der Waals surface area contributed by atoms with Crippen LogP contribution in [0.5, 0.6) is 0 Å². The van der Waals surface area contributed by atoms with Gasteiger partial charge in [0.15, 0.2) is 0 Å². The first kappa shape index (κ1) is 30.4. The highest BCUT2D eigenvalue weighted by Gasteiger charge is 2.23. The van der Waals surface area contributed by atoms with E-state index in [9.17, 15) is 5.11 Å². The van der Waals surface area contributed by atoms with E-state index in [2.05, 4.69) is 79.0 Å². The lowest BCUT2D eigenvalue weighted by molar-refractivity contribution is 0.212. The van der Waals surface area contributed by atoms with Crippen molar-refractivity contribution in [2.45, 2.75) is 87.0 Å². The van der Waals surface area contributed by atoms with Crippen molar-refractivity contribution in [2.75, 3.05) is 6.61 Å². The molecule has 0 fully saturated rings. The molecule has 0 unspecified atom stereocenters. The average molecular weight is 451 g/mol. The van der Waals surface area contributed by atoms with E-state index in [1.54, 1.807) is 0 Å². The number of allylic oxidation sites excluding steroid dienone is 5. The molecule has 1 heterocycles. The molecular formula is C30H46N2O. The van der Waals surface area contributed by atoms with Crippen molar-refractivity contribution in [1.82, 2.24) is 9.97 Å². The molecule has 182 valence electrons. The second-order valence-electron chi connectivity index (χ2n) is 8.23. The molecule has 2 aromatic rings. The zero-order valence-electron chi connectivity index (χ0n) is 22.4. The number of H-pyrrole nitrogens is 1. The van der Waals surface area contributed by atoms with Gasteiger partial charge in [0.25, 0.3) is 0 Å². The SMILES string of the molecule is CC.CC.CCCCC1=CC(C)=C=CC=C1.Cc1ccc(-c2cnc(C(C)(C)CO)[nH]2)cc1. The second kappa shape index (κ2) is 16.9. The number of aliphatic hydroxyl groups is 1. The fourth-order valence-electron chi connectivity index (χ4n) is 2.88. The minimum absolute atomic E-state index is 0.0772. The van der Waals surface area contributed by atoms with Crippen molar-refractivity contribution < 1.29 is 5.11 Å². The first-order valence-electron chi connectivity index (χ1n) is 12.4. The highest BCUT2D eigenvalue weighted by molar-refractivity contribution is 5.59. The smallest absolute Gasteiger partial charge is 0.114 e. The summed E-state index contributed by atoms with van der Waals surface area (Å²) < 4.78 is 0. The summed E-state index contributed by atoms with van der Waals surface area (Å²) in [5, 5.41) is 9.30. The van der Waals surface area contributed by atoms with Crippen molar-refractivity contribution in [1.29, 1.82) is 0 Å². The van der Waals surface area contributed by atoms with Gasteiger partial charge in [0.05, 0.1) is 18.5 Å². The number of benzene rings is 1. The van der Waals surface area contributed by atoms with Crippen LogP contribution in [0.2, 0.25) is 0 Å². The van der Waals surface area contributed by atoms with Crippen molar-refractivity contribution in [2.24, 2.45) is 0 Å². The Balaban J connectivity index is 0.000000564. The molecule has 0 saturated heterocycles. The van der Waals surface area contributed by atoms with Gasteiger partial charge in [-0.2, -0.15) is 0 Å². The van der Waals surface area contributed by atoms with Gasteiger partial charge in [-0.05, 0) is 55.6 Å². The van der Waals surface area contributed by atoms with Gasteiger partial charge in [0.1, 0.15) is 5.82 Å². The van der Waals surface area contributed by atoms with Crippen LogP contribution in [0.25, 0.3) is 11.3 Å². The Labute approximate surface area is 203 Å². The highest BCUT2D eigenvalue weighted by Crippen LogP contribution is 2.23. The molecule has 0 bridgehead atoms. The van der Waals surface area contributed by atoms with Gasteiger partial charge >= 0.3 is 0 Å². The van der Waals surface area contributed by atoms with Gasteiger partial charge in [-0.15, -0.1) is 5.73 Å². The number of hydrogen-bond donors (Lipinski definition) is 2. The van der Waals surface area contributed by atoms with E-state index in [1.807, 2.05) is 53.8 Å². The molecule has 0 radical (unpaired) electrons. The summed E-state index contributed by atoms with van der Waals surface area (Å²) in [4.78, 5) is 7.61. The minimum Gasteiger partial charge on any atom is -0.395 e. The number of imidazole rings is 1. The Morgan fingerprint density at radius 1 is 1.03 bits per heavy atom. The highest BCUT2D eigenvalue weighted by atomic mass is 16.3. The quantitative estimate of drug-likeness (QED) is 0.433. The monoisotopic (exact) mass is 450 g/mol. The Bertz CT molecular complexity index is 905. The second-order valence-corrected chi connectivity index (χ2v) is 8.23. The van der Waals surface area contributed by atoms with Gasteiger partial charge in [0, 0.05) is 5.41 Å². The van der Waals surface area contributed by atoms with Gasteiger partial charge in [-0.25, -0.2) is 4.98 Å². The number of aromatic nitrogens is 2. The van der Waals surface area contributed by atoms with Crippen LogP contribution in [-0.2, 0) is 5.41 Å². The summed E-state index contributed by atoms with van der Waals surface area (Å²) in [6.07, 6.45) is 14.0. The Hall–Kier alpha value is -2.61. The fourth-order valence-corrected chi connectivity index (χ4v) is 2.88. The maximum absolute atomic E-state index is 9.30. The predicted molar refractivity (Wildman–Crippen MR) is 146 cm³/mol.